The molecule has 0 aromatic carbocycles. The maximum Gasteiger partial charge on any atom is 0.473 e. The summed E-state index contributed by atoms with van der Waals surface area (Å²) in [6, 6.07) is 0. The molecule has 20 heavy (non-hydrogen) atoms. The Morgan fingerprint density at radius 2 is 0.950 bits per heavy atom. The molecule has 0 amide bonds. The van der Waals surface area contributed by atoms with Crippen LogP contribution in [0.3, 0.4) is 0 Å². The summed E-state index contributed by atoms with van der Waals surface area (Å²) >= 11 is -0.207. The summed E-state index contributed by atoms with van der Waals surface area (Å²) in [6.07, 6.45) is 0. The molecule has 1 aliphatic heterocycles. The summed E-state index contributed by atoms with van der Waals surface area (Å²) in [7, 11) is 5.89. The van der Waals surface area contributed by atoms with Crippen LogP contribution >= 0.6 is 8.22 Å². The largest absolute Gasteiger partial charge is 0.473 e. The minimum atomic E-state index is -0.207. The lowest BCUT2D eigenvalue weighted by Crippen LogP contribution is -2.65. The van der Waals surface area contributed by atoms with Crippen molar-refractivity contribution in [2.24, 2.45) is 0 Å². The maximum atomic E-state index is 2.81. The van der Waals surface area contributed by atoms with Gasteiger partial charge in [0.05, 0.1) is 0 Å². The third-order valence-electron chi connectivity index (χ3n) is 2.87. The smallest absolute Gasteiger partial charge is 0.336 e. The molecule has 0 aromatic rings. The van der Waals surface area contributed by atoms with Gasteiger partial charge in [-0.05, 0) is 73.8 Å². The van der Waals surface area contributed by atoms with Crippen LogP contribution in [0.2, 0.25) is 0 Å². The van der Waals surface area contributed by atoms with Gasteiger partial charge in [-0.3, -0.25) is 0 Å². The Kier molecular flexibility index (Phi) is 7.24. The molecule has 1 fully saturated rings. The predicted molar refractivity (Wildman–Crippen MR) is 96.6 cm³/mol. The summed E-state index contributed by atoms with van der Waals surface area (Å²) < 4.78 is 5.63. The lowest BCUT2D eigenvalue weighted by molar-refractivity contribution is 0.256. The lowest BCUT2D eigenvalue weighted by Gasteiger charge is -2.65. The molecule has 1 aliphatic rings. The molecule has 120 valence electrons. The van der Waals surface area contributed by atoms with E-state index >= 15 is 0 Å². The van der Waals surface area contributed by atoms with Gasteiger partial charge in [-0.2, -0.15) is 0 Å². The molecule has 0 radical (unpaired) electrons. The predicted octanol–water partition coefficient (Wildman–Crippen LogP) is 3.76. The first-order chi connectivity index (χ1) is 8.58. The second-order valence-corrected chi connectivity index (χ2v) is 14.6. The molecular weight excluding hydrogens is 280 g/mol. The average molecular weight is 317 g/mol. The van der Waals surface area contributed by atoms with Crippen LogP contribution in [0.15, 0.2) is 0 Å². The first-order valence-electron chi connectivity index (χ1n) is 7.54. The quantitative estimate of drug-likeness (QED) is 0.497. The number of hydrogen-bond donors (Lipinski definition) is 0. The standard InChI is InChI=1S/C12H27N2P.C3H9N.Al.H/c1-10(2,3)13-15(12(7,8)9)14-11(4,5)6;1-4(2)3;;/h1-9H3;1-3H3;;/q-2;;+2;. The second-order valence-electron chi connectivity index (χ2n) is 9.08. The lowest BCUT2D eigenvalue weighted by atomic mass is 10.1. The van der Waals surface area contributed by atoms with Crippen molar-refractivity contribution in [2.45, 2.75) is 78.5 Å². The van der Waals surface area contributed by atoms with Gasteiger partial charge >= 0.3 is 15.7 Å². The van der Waals surface area contributed by atoms with E-state index in [9.17, 15) is 0 Å². The number of nitrogens with zero attached hydrogens (tertiary/aromatic N) is 3. The van der Waals surface area contributed by atoms with Crippen molar-refractivity contribution >= 4 is 23.9 Å². The molecule has 0 N–H and O–H groups in total. The van der Waals surface area contributed by atoms with Crippen molar-refractivity contribution in [3.63, 3.8) is 0 Å². The fourth-order valence-electron chi connectivity index (χ4n) is 2.03. The van der Waals surface area contributed by atoms with Crippen molar-refractivity contribution < 1.29 is 0 Å². The minimum absolute atomic E-state index is 0.113. The van der Waals surface area contributed by atoms with Gasteiger partial charge in [0.2, 0.25) is 0 Å². The highest BCUT2D eigenvalue weighted by Crippen LogP contribution is 2.65. The summed E-state index contributed by atoms with van der Waals surface area (Å²) in [5.74, 6) is 0. The molecule has 1 saturated heterocycles. The van der Waals surface area contributed by atoms with Crippen LogP contribution in [0.5, 0.6) is 0 Å². The van der Waals surface area contributed by atoms with Gasteiger partial charge in [-0.25, -0.2) is 0 Å². The molecule has 0 saturated carbocycles. The molecule has 0 aromatic heterocycles. The van der Waals surface area contributed by atoms with Crippen molar-refractivity contribution in [3.05, 3.63) is 0 Å². The van der Waals surface area contributed by atoms with E-state index < -0.39 is 0 Å². The van der Waals surface area contributed by atoms with Gasteiger partial charge in [0, 0.05) is 13.4 Å². The molecular formula is C15H37AlN3P. The molecule has 0 aliphatic carbocycles. The Balaban J connectivity index is 0.000000796. The van der Waals surface area contributed by atoms with Crippen LogP contribution in [0, 0.1) is 0 Å². The number of rotatable bonds is 0. The Bertz CT molecular complexity index is 277. The van der Waals surface area contributed by atoms with E-state index in [1.165, 1.54) is 0 Å². The van der Waals surface area contributed by atoms with Crippen LogP contribution in [0.25, 0.3) is 0 Å². The monoisotopic (exact) mass is 317 g/mol. The van der Waals surface area contributed by atoms with Gasteiger partial charge in [-0.1, -0.05) is 20.8 Å². The van der Waals surface area contributed by atoms with E-state index in [1.54, 1.807) is 0 Å². The zero-order chi connectivity index (χ0) is 16.5. The van der Waals surface area contributed by atoms with E-state index in [1.807, 2.05) is 26.0 Å². The zero-order valence-electron chi connectivity index (χ0n) is 16.0. The van der Waals surface area contributed by atoms with Crippen LogP contribution in [-0.2, 0) is 0 Å². The Hall–Kier alpha value is 0.842. The topological polar surface area (TPSA) is 9.72 Å². The van der Waals surface area contributed by atoms with Crippen LogP contribution in [0.4, 0.5) is 0 Å². The van der Waals surface area contributed by atoms with Crippen LogP contribution < -0.4 is 0 Å². The minimum Gasteiger partial charge on any atom is -0.336 e. The highest BCUT2D eigenvalue weighted by Gasteiger charge is 2.52. The molecule has 0 bridgehead atoms. The van der Waals surface area contributed by atoms with Gasteiger partial charge in [0.1, 0.15) is 0 Å². The maximum absolute atomic E-state index is 2.81. The first kappa shape index (κ1) is 20.8. The first-order valence-corrected chi connectivity index (χ1v) is 10.1. The average Bonchev–Trinajstić information content (AvgIpc) is 1.87. The van der Waals surface area contributed by atoms with Crippen molar-refractivity contribution in [1.29, 1.82) is 0 Å². The number of hydrogen-bond acceptors (Lipinski definition) is 3. The van der Waals surface area contributed by atoms with Gasteiger partial charge < -0.3 is 12.2 Å². The Morgan fingerprint density at radius 3 is 1.10 bits per heavy atom. The third-order valence-corrected chi connectivity index (χ3v) is 11.0. The fraction of sp³-hybridized carbons (Fsp3) is 1.00. The fourth-order valence-corrected chi connectivity index (χ4v) is 10.1. The highest BCUT2D eigenvalue weighted by molar-refractivity contribution is 7.60. The van der Waals surface area contributed by atoms with Crippen molar-refractivity contribution in [3.8, 4) is 0 Å². The SMILES string of the molecule is CC(C)(C)[N]1[AlH][N](C(C)(C)C)P1C(C)(C)C.CN(C)C. The van der Waals surface area contributed by atoms with Gasteiger partial charge in [0.15, 0.2) is 0 Å². The zero-order valence-corrected chi connectivity index (χ0v) is 18.3. The molecule has 0 atom stereocenters. The normalized spacial score (nSPS) is 19.2. The van der Waals surface area contributed by atoms with E-state index in [-0.39, 0.29) is 23.9 Å². The Labute approximate surface area is 136 Å². The summed E-state index contributed by atoms with van der Waals surface area (Å²) in [5.41, 5.74) is 0.708. The van der Waals surface area contributed by atoms with Crippen LogP contribution in [-0.4, -0.2) is 65.2 Å². The van der Waals surface area contributed by atoms with Crippen molar-refractivity contribution in [1.82, 2.24) is 12.2 Å². The van der Waals surface area contributed by atoms with Gasteiger partial charge in [0.25, 0.3) is 0 Å². The summed E-state index contributed by atoms with van der Waals surface area (Å²) in [4.78, 5) is 2.00. The third kappa shape index (κ3) is 6.31. The van der Waals surface area contributed by atoms with Gasteiger partial charge in [-0.15, -0.1) is 0 Å². The molecule has 0 spiro atoms. The summed E-state index contributed by atoms with van der Waals surface area (Å²) in [5, 5.41) is 0.404. The molecule has 0 unspecified atom stereocenters. The second kappa shape index (κ2) is 6.95. The molecule has 5 heteroatoms. The van der Waals surface area contributed by atoms with E-state index in [0.29, 0.717) is 16.2 Å². The van der Waals surface area contributed by atoms with E-state index in [2.05, 4.69) is 69.6 Å². The van der Waals surface area contributed by atoms with Crippen LogP contribution in [0.1, 0.15) is 62.3 Å². The Morgan fingerprint density at radius 1 is 0.700 bits per heavy atom. The van der Waals surface area contributed by atoms with E-state index in [4.69, 9.17) is 0 Å². The molecule has 1 rings (SSSR count). The summed E-state index contributed by atoms with van der Waals surface area (Å²) in [6.45, 7) is 21.4. The molecule has 1 heterocycles. The highest BCUT2D eigenvalue weighted by atomic mass is 31.1. The van der Waals surface area contributed by atoms with E-state index in [0.717, 1.165) is 0 Å². The van der Waals surface area contributed by atoms with Crippen molar-refractivity contribution in [2.75, 3.05) is 21.1 Å². The molecule has 3 nitrogen and oxygen atoms in total.